The summed E-state index contributed by atoms with van der Waals surface area (Å²) in [6.45, 7) is 7.30. The van der Waals surface area contributed by atoms with E-state index in [4.69, 9.17) is 9.47 Å². The lowest BCUT2D eigenvalue weighted by molar-refractivity contribution is -0.385. The summed E-state index contributed by atoms with van der Waals surface area (Å²) in [6, 6.07) is 6.00. The molecule has 2 aromatic rings. The van der Waals surface area contributed by atoms with Gasteiger partial charge in [-0.15, -0.1) is 0 Å². The summed E-state index contributed by atoms with van der Waals surface area (Å²) < 4.78 is 10.7. The Morgan fingerprint density at radius 2 is 1.90 bits per heavy atom. The molecule has 9 nitrogen and oxygen atoms in total. The van der Waals surface area contributed by atoms with Crippen LogP contribution in [0, 0.1) is 30.9 Å². The van der Waals surface area contributed by atoms with E-state index in [1.807, 2.05) is 32.9 Å². The first-order valence-corrected chi connectivity index (χ1v) is 8.88. The molecule has 0 aliphatic rings. The van der Waals surface area contributed by atoms with Gasteiger partial charge >= 0.3 is 0 Å². The van der Waals surface area contributed by atoms with E-state index in [0.717, 1.165) is 35.0 Å². The fourth-order valence-electron chi connectivity index (χ4n) is 2.56. The van der Waals surface area contributed by atoms with Gasteiger partial charge < -0.3 is 14.6 Å². The number of hydrogen-bond donors (Lipinski definition) is 1. The Kier molecular flexibility index (Phi) is 7.13. The van der Waals surface area contributed by atoms with Gasteiger partial charge in [0.1, 0.15) is 11.5 Å². The van der Waals surface area contributed by atoms with Crippen molar-refractivity contribution >= 4 is 17.8 Å². The molecule has 0 saturated heterocycles. The fourth-order valence-corrected chi connectivity index (χ4v) is 2.56. The maximum atomic E-state index is 12.3. The lowest BCUT2D eigenvalue weighted by atomic mass is 10.1. The van der Waals surface area contributed by atoms with Gasteiger partial charge in [-0.05, 0) is 49.9 Å². The summed E-state index contributed by atoms with van der Waals surface area (Å²) in [5.41, 5.74) is 4.74. The zero-order valence-electron chi connectivity index (χ0n) is 16.6. The van der Waals surface area contributed by atoms with Crippen molar-refractivity contribution in [1.29, 1.82) is 0 Å². The molecule has 0 spiro atoms. The van der Waals surface area contributed by atoms with Crippen LogP contribution >= 0.6 is 0 Å². The van der Waals surface area contributed by atoms with E-state index in [1.165, 1.54) is 0 Å². The first-order valence-electron chi connectivity index (χ1n) is 8.88. The Morgan fingerprint density at radius 3 is 2.55 bits per heavy atom. The van der Waals surface area contributed by atoms with Gasteiger partial charge in [0.15, 0.2) is 6.61 Å². The van der Waals surface area contributed by atoms with Crippen LogP contribution in [-0.2, 0) is 4.79 Å². The van der Waals surface area contributed by atoms with Gasteiger partial charge in [0.05, 0.1) is 23.8 Å². The summed E-state index contributed by atoms with van der Waals surface area (Å²) in [6.07, 6.45) is 1.04. The first kappa shape index (κ1) is 21.7. The van der Waals surface area contributed by atoms with Gasteiger partial charge in [-0.2, -0.15) is 5.10 Å². The highest BCUT2D eigenvalue weighted by atomic mass is 16.6. The number of carbonyl (C=O) groups is 1. The summed E-state index contributed by atoms with van der Waals surface area (Å²) in [5.74, 6) is -0.614. The molecule has 0 radical (unpaired) electrons. The molecule has 1 amide bonds. The predicted molar refractivity (Wildman–Crippen MR) is 106 cm³/mol. The number of amides is 1. The molecule has 9 heteroatoms. The quantitative estimate of drug-likeness (QED) is 0.412. The van der Waals surface area contributed by atoms with Crippen LogP contribution in [-0.4, -0.2) is 30.3 Å². The van der Waals surface area contributed by atoms with E-state index in [2.05, 4.69) is 10.5 Å². The number of benzene rings is 2. The molecule has 0 bridgehead atoms. The second-order valence-electron chi connectivity index (χ2n) is 6.29. The Morgan fingerprint density at radius 1 is 1.21 bits per heavy atom. The average Bonchev–Trinajstić information content (AvgIpc) is 2.67. The molecule has 0 saturated carbocycles. The minimum absolute atomic E-state index is 0.0748. The lowest BCUT2D eigenvalue weighted by Crippen LogP contribution is -2.25. The van der Waals surface area contributed by atoms with Crippen LogP contribution in [0.4, 0.5) is 5.69 Å². The van der Waals surface area contributed by atoms with E-state index in [9.17, 15) is 20.0 Å². The molecule has 29 heavy (non-hydrogen) atoms. The SMILES string of the molecule is CCOc1cc([N+](=O)[O-])cc(/C=N\NC(=O)COc2c(C)ccc(C)c2C)c1[O-]. The molecular formula is C20H22N3O6-. The van der Waals surface area contributed by atoms with Crippen LogP contribution in [0.1, 0.15) is 29.2 Å². The van der Waals surface area contributed by atoms with Crippen LogP contribution in [0.15, 0.2) is 29.4 Å². The third-order valence-electron chi connectivity index (χ3n) is 4.19. The van der Waals surface area contributed by atoms with Crippen molar-refractivity contribution in [2.45, 2.75) is 27.7 Å². The van der Waals surface area contributed by atoms with E-state index < -0.39 is 16.6 Å². The molecule has 0 aromatic heterocycles. The Labute approximate surface area is 168 Å². The van der Waals surface area contributed by atoms with Crippen molar-refractivity contribution in [3.63, 3.8) is 0 Å². The second-order valence-corrected chi connectivity index (χ2v) is 6.29. The number of nitrogens with zero attached hydrogens (tertiary/aromatic N) is 2. The van der Waals surface area contributed by atoms with Crippen molar-refractivity contribution in [2.75, 3.05) is 13.2 Å². The largest absolute Gasteiger partial charge is 0.870 e. The number of nitro groups is 1. The third-order valence-corrected chi connectivity index (χ3v) is 4.19. The number of carbonyl (C=O) groups excluding carboxylic acids is 1. The molecule has 154 valence electrons. The normalized spacial score (nSPS) is 10.8. The maximum Gasteiger partial charge on any atom is 0.277 e. The second kappa shape index (κ2) is 9.54. The van der Waals surface area contributed by atoms with Crippen molar-refractivity contribution in [2.24, 2.45) is 5.10 Å². The van der Waals surface area contributed by atoms with Gasteiger partial charge in [-0.1, -0.05) is 17.9 Å². The molecule has 0 aliphatic carbocycles. The van der Waals surface area contributed by atoms with Crippen LogP contribution in [0.3, 0.4) is 0 Å². The van der Waals surface area contributed by atoms with E-state index >= 15 is 0 Å². The molecule has 1 N–H and O–H groups in total. The van der Waals surface area contributed by atoms with Crippen molar-refractivity contribution in [3.8, 4) is 17.2 Å². The Hall–Kier alpha value is -3.62. The summed E-state index contributed by atoms with van der Waals surface area (Å²) >= 11 is 0. The number of nitrogens with one attached hydrogen (secondary N) is 1. The predicted octanol–water partition coefficient (Wildman–Crippen LogP) is 2.52. The molecule has 0 heterocycles. The van der Waals surface area contributed by atoms with Gasteiger partial charge in [0.2, 0.25) is 0 Å². The van der Waals surface area contributed by atoms with Gasteiger partial charge in [0.25, 0.3) is 11.6 Å². The zero-order valence-corrected chi connectivity index (χ0v) is 16.6. The van der Waals surface area contributed by atoms with Crippen LogP contribution in [0.5, 0.6) is 17.2 Å². The Bertz CT molecular complexity index is 956. The lowest BCUT2D eigenvalue weighted by Gasteiger charge is -2.16. The smallest absolute Gasteiger partial charge is 0.277 e. The number of rotatable bonds is 8. The summed E-state index contributed by atoms with van der Waals surface area (Å²) in [4.78, 5) is 22.4. The van der Waals surface area contributed by atoms with Gasteiger partial charge in [-0.3, -0.25) is 14.9 Å². The highest BCUT2D eigenvalue weighted by molar-refractivity contribution is 5.87. The van der Waals surface area contributed by atoms with Gasteiger partial charge in [-0.25, -0.2) is 5.43 Å². The molecule has 0 unspecified atom stereocenters. The fraction of sp³-hybridized carbons (Fsp3) is 0.300. The highest BCUT2D eigenvalue weighted by Crippen LogP contribution is 2.31. The number of non-ortho nitro benzene ring substituents is 1. The Balaban J connectivity index is 2.07. The topological polar surface area (TPSA) is 126 Å². The minimum atomic E-state index is -0.641. The van der Waals surface area contributed by atoms with E-state index in [-0.39, 0.29) is 30.2 Å². The maximum absolute atomic E-state index is 12.3. The molecule has 0 fully saturated rings. The number of aryl methyl sites for hydroxylation is 2. The average molecular weight is 400 g/mol. The summed E-state index contributed by atoms with van der Waals surface area (Å²) in [7, 11) is 0. The minimum Gasteiger partial charge on any atom is -0.870 e. The van der Waals surface area contributed by atoms with E-state index in [0.29, 0.717) is 5.75 Å². The zero-order chi connectivity index (χ0) is 21.6. The highest BCUT2D eigenvalue weighted by Gasteiger charge is 2.12. The van der Waals surface area contributed by atoms with Crippen LogP contribution in [0.25, 0.3) is 0 Å². The van der Waals surface area contributed by atoms with Crippen molar-refractivity contribution in [1.82, 2.24) is 5.43 Å². The molecule has 0 aliphatic heterocycles. The number of ether oxygens (including phenoxy) is 2. The molecule has 2 rings (SSSR count). The van der Waals surface area contributed by atoms with Crippen molar-refractivity contribution < 1.29 is 24.3 Å². The van der Waals surface area contributed by atoms with Crippen LogP contribution in [0.2, 0.25) is 0 Å². The van der Waals surface area contributed by atoms with Gasteiger partial charge in [0, 0.05) is 6.07 Å². The van der Waals surface area contributed by atoms with Crippen LogP contribution < -0.4 is 20.0 Å². The number of hydrazone groups is 1. The standard InChI is InChI=1S/C20H23N3O6/c1-5-28-17-9-16(23(26)27)8-15(19(17)25)10-21-22-18(24)11-29-20-13(3)7-6-12(2)14(20)4/h6-10,25H,5,11H2,1-4H3,(H,22,24)/p-1/b21-10-. The molecular weight excluding hydrogens is 378 g/mol. The van der Waals surface area contributed by atoms with E-state index in [1.54, 1.807) is 6.92 Å². The molecule has 2 aromatic carbocycles. The molecule has 0 atom stereocenters. The summed E-state index contributed by atoms with van der Waals surface area (Å²) in [5, 5.41) is 27.0. The first-order chi connectivity index (χ1) is 13.7. The third kappa shape index (κ3) is 5.44. The monoisotopic (exact) mass is 400 g/mol. The van der Waals surface area contributed by atoms with Crippen molar-refractivity contribution in [3.05, 3.63) is 56.6 Å². The number of nitro benzene ring substituents is 1. The number of hydrogen-bond acceptors (Lipinski definition) is 7.